The normalized spacial score (nSPS) is 20.3. The minimum absolute atomic E-state index is 0.257. The topological polar surface area (TPSA) is 12.5 Å². The summed E-state index contributed by atoms with van der Waals surface area (Å²) in [7, 11) is 0. The Hall–Kier alpha value is -1.16. The van der Waals surface area contributed by atoms with Gasteiger partial charge in [-0.25, -0.2) is 8.78 Å². The summed E-state index contributed by atoms with van der Waals surface area (Å²) >= 11 is 0. The highest BCUT2D eigenvalue weighted by molar-refractivity contribution is 5.25. The van der Waals surface area contributed by atoms with Gasteiger partial charge in [-0.05, 0) is 44.9 Å². The predicted molar refractivity (Wildman–Crippen MR) is 66.7 cm³/mol. The van der Waals surface area contributed by atoms with Gasteiger partial charge in [0.2, 0.25) is 0 Å². The van der Waals surface area contributed by atoms with Gasteiger partial charge in [-0.3, -0.25) is 0 Å². The Morgan fingerprint density at radius 1 is 1.33 bits per heavy atom. The summed E-state index contributed by atoms with van der Waals surface area (Å²) in [6.45, 7) is 4.61. The van der Waals surface area contributed by atoms with Crippen molar-refractivity contribution in [2.24, 2.45) is 0 Å². The van der Waals surface area contributed by atoms with E-state index in [2.05, 4.69) is 11.8 Å². The Morgan fingerprint density at radius 2 is 2.06 bits per heavy atom. The predicted octanol–water partition coefficient (Wildman–Crippen LogP) is 3.22. The van der Waals surface area contributed by atoms with Crippen molar-refractivity contribution < 1.29 is 13.5 Å². The van der Waals surface area contributed by atoms with E-state index in [0.717, 1.165) is 19.5 Å². The molecule has 1 fully saturated rings. The van der Waals surface area contributed by atoms with Crippen LogP contribution in [0, 0.1) is 11.6 Å². The van der Waals surface area contributed by atoms with Gasteiger partial charge in [-0.2, -0.15) is 0 Å². The van der Waals surface area contributed by atoms with Gasteiger partial charge in [0, 0.05) is 12.6 Å². The van der Waals surface area contributed by atoms with Gasteiger partial charge < -0.3 is 9.64 Å². The second kappa shape index (κ2) is 6.14. The molecule has 0 saturated carbocycles. The number of hydrogen-bond acceptors (Lipinski definition) is 2. The fraction of sp³-hybridized carbons (Fsp3) is 0.571. The van der Waals surface area contributed by atoms with Gasteiger partial charge in [0.25, 0.3) is 0 Å². The van der Waals surface area contributed by atoms with Crippen LogP contribution in [0.5, 0.6) is 5.75 Å². The minimum Gasteiger partial charge on any atom is -0.488 e. The number of benzene rings is 1. The van der Waals surface area contributed by atoms with E-state index < -0.39 is 11.6 Å². The molecule has 1 heterocycles. The van der Waals surface area contributed by atoms with Crippen LogP contribution in [0.2, 0.25) is 0 Å². The summed E-state index contributed by atoms with van der Waals surface area (Å²) in [5.74, 6) is -1.53. The van der Waals surface area contributed by atoms with Crippen molar-refractivity contribution in [2.45, 2.75) is 32.2 Å². The van der Waals surface area contributed by atoms with Crippen LogP contribution in [0.15, 0.2) is 18.2 Å². The van der Waals surface area contributed by atoms with Crippen LogP contribution >= 0.6 is 0 Å². The molecule has 1 atom stereocenters. The Labute approximate surface area is 107 Å². The van der Waals surface area contributed by atoms with Crippen LogP contribution in [-0.4, -0.2) is 30.6 Å². The molecular weight excluding hydrogens is 236 g/mol. The third-order valence-corrected chi connectivity index (χ3v) is 3.45. The smallest absolute Gasteiger partial charge is 0.190 e. The average Bonchev–Trinajstić information content (AvgIpc) is 2.73. The molecule has 0 aromatic heterocycles. The highest BCUT2D eigenvalue weighted by Gasteiger charge is 2.19. The molecule has 0 bridgehead atoms. The van der Waals surface area contributed by atoms with E-state index in [0.29, 0.717) is 12.6 Å². The van der Waals surface area contributed by atoms with Gasteiger partial charge in [0.15, 0.2) is 17.4 Å². The molecule has 0 radical (unpaired) electrons. The lowest BCUT2D eigenvalue weighted by Gasteiger charge is -2.20. The van der Waals surface area contributed by atoms with E-state index in [-0.39, 0.29) is 5.75 Å². The second-order valence-electron chi connectivity index (χ2n) is 4.78. The maximum Gasteiger partial charge on any atom is 0.190 e. The van der Waals surface area contributed by atoms with Gasteiger partial charge >= 0.3 is 0 Å². The first-order chi connectivity index (χ1) is 8.68. The van der Waals surface area contributed by atoms with Crippen molar-refractivity contribution in [3.05, 3.63) is 29.8 Å². The Bertz CT molecular complexity index is 377. The van der Waals surface area contributed by atoms with E-state index in [1.165, 1.54) is 31.0 Å². The largest absolute Gasteiger partial charge is 0.488 e. The van der Waals surface area contributed by atoms with Crippen LogP contribution in [0.25, 0.3) is 0 Å². The van der Waals surface area contributed by atoms with E-state index in [1.54, 1.807) is 0 Å². The van der Waals surface area contributed by atoms with Crippen molar-refractivity contribution in [1.29, 1.82) is 0 Å². The van der Waals surface area contributed by atoms with Crippen molar-refractivity contribution in [2.75, 3.05) is 19.7 Å². The number of rotatable bonds is 5. The minimum atomic E-state index is -0.635. The van der Waals surface area contributed by atoms with E-state index >= 15 is 0 Å². The van der Waals surface area contributed by atoms with Crippen molar-refractivity contribution in [3.8, 4) is 5.75 Å². The first kappa shape index (κ1) is 13.3. The molecular formula is C14H19F2NO. The molecule has 1 aromatic carbocycles. The van der Waals surface area contributed by atoms with Crippen LogP contribution in [0.4, 0.5) is 8.78 Å². The van der Waals surface area contributed by atoms with Crippen LogP contribution in [-0.2, 0) is 0 Å². The number of ether oxygens (including phenoxy) is 1. The maximum atomic E-state index is 13.3. The number of nitrogens with zero attached hydrogens (tertiary/aromatic N) is 1. The molecule has 1 unspecified atom stereocenters. The fourth-order valence-electron chi connectivity index (χ4n) is 2.39. The SMILES string of the molecule is CC1CCCN1CCCOc1c(F)cccc1F. The molecule has 1 aromatic rings. The van der Waals surface area contributed by atoms with E-state index in [1.807, 2.05) is 0 Å². The summed E-state index contributed by atoms with van der Waals surface area (Å²) in [6.07, 6.45) is 3.27. The number of likely N-dealkylation sites (tertiary alicyclic amines) is 1. The lowest BCUT2D eigenvalue weighted by molar-refractivity contribution is 0.221. The van der Waals surface area contributed by atoms with Crippen molar-refractivity contribution in [1.82, 2.24) is 4.90 Å². The molecule has 4 heteroatoms. The molecule has 2 nitrogen and oxygen atoms in total. The molecule has 1 saturated heterocycles. The summed E-state index contributed by atoms with van der Waals surface area (Å²) in [5, 5.41) is 0. The molecule has 1 aliphatic heterocycles. The molecule has 1 aliphatic rings. The molecule has 0 spiro atoms. The van der Waals surface area contributed by atoms with Gasteiger partial charge in [-0.15, -0.1) is 0 Å². The monoisotopic (exact) mass is 255 g/mol. The quantitative estimate of drug-likeness (QED) is 0.749. The number of para-hydroxylation sites is 1. The number of halogens is 2. The highest BCUT2D eigenvalue weighted by atomic mass is 19.1. The van der Waals surface area contributed by atoms with Gasteiger partial charge in [0.1, 0.15) is 0 Å². The Kier molecular flexibility index (Phi) is 4.53. The van der Waals surface area contributed by atoms with E-state index in [9.17, 15) is 8.78 Å². The van der Waals surface area contributed by atoms with E-state index in [4.69, 9.17) is 4.74 Å². The van der Waals surface area contributed by atoms with Crippen molar-refractivity contribution in [3.63, 3.8) is 0 Å². The van der Waals surface area contributed by atoms with Crippen molar-refractivity contribution >= 4 is 0 Å². The summed E-state index contributed by atoms with van der Waals surface area (Å²) in [5.41, 5.74) is 0. The lowest BCUT2D eigenvalue weighted by Crippen LogP contribution is -2.28. The first-order valence-corrected chi connectivity index (χ1v) is 6.49. The first-order valence-electron chi connectivity index (χ1n) is 6.49. The average molecular weight is 255 g/mol. The zero-order chi connectivity index (χ0) is 13.0. The van der Waals surface area contributed by atoms with Gasteiger partial charge in [0.05, 0.1) is 6.61 Å². The highest BCUT2D eigenvalue weighted by Crippen LogP contribution is 2.21. The summed E-state index contributed by atoms with van der Waals surface area (Å²) in [6, 6.07) is 4.38. The van der Waals surface area contributed by atoms with Crippen LogP contribution in [0.3, 0.4) is 0 Å². The third kappa shape index (κ3) is 3.19. The third-order valence-electron chi connectivity index (χ3n) is 3.45. The lowest BCUT2D eigenvalue weighted by atomic mass is 10.2. The maximum absolute atomic E-state index is 13.3. The van der Waals surface area contributed by atoms with Crippen LogP contribution in [0.1, 0.15) is 26.2 Å². The molecule has 18 heavy (non-hydrogen) atoms. The zero-order valence-corrected chi connectivity index (χ0v) is 10.7. The van der Waals surface area contributed by atoms with Gasteiger partial charge in [-0.1, -0.05) is 6.07 Å². The number of hydrogen-bond donors (Lipinski definition) is 0. The summed E-state index contributed by atoms with van der Waals surface area (Å²) < 4.78 is 31.7. The molecule has 0 aliphatic carbocycles. The Morgan fingerprint density at radius 3 is 2.67 bits per heavy atom. The van der Waals surface area contributed by atoms with Crippen LogP contribution < -0.4 is 4.74 Å². The zero-order valence-electron chi connectivity index (χ0n) is 10.7. The summed E-state index contributed by atoms with van der Waals surface area (Å²) in [4.78, 5) is 2.39. The standard InChI is InChI=1S/C14H19F2NO/c1-11-5-3-8-17(11)9-4-10-18-14-12(15)6-2-7-13(14)16/h2,6-7,11H,3-5,8-10H2,1H3. The molecule has 0 amide bonds. The molecule has 2 rings (SSSR count). The Balaban J connectivity index is 1.75. The molecule has 100 valence electrons. The fourth-order valence-corrected chi connectivity index (χ4v) is 2.39. The second-order valence-corrected chi connectivity index (χ2v) is 4.78. The molecule has 0 N–H and O–H groups in total.